The SMILES string of the molecule is NC(=O)[C@@H]1CCN(Cc2nnc(-c3ccc(Cl)cc3)o2)C1. The lowest BCUT2D eigenvalue weighted by atomic mass is 10.1. The second-order valence-electron chi connectivity index (χ2n) is 5.13. The van der Waals surface area contributed by atoms with Crippen molar-refractivity contribution in [3.05, 3.63) is 35.2 Å². The molecule has 1 amide bonds. The minimum Gasteiger partial charge on any atom is -0.419 e. The van der Waals surface area contributed by atoms with Gasteiger partial charge in [-0.25, -0.2) is 0 Å². The maximum atomic E-state index is 11.1. The highest BCUT2D eigenvalue weighted by Crippen LogP contribution is 2.22. The Balaban J connectivity index is 1.66. The molecule has 1 aromatic heterocycles. The molecule has 6 nitrogen and oxygen atoms in total. The quantitative estimate of drug-likeness (QED) is 0.929. The Kier molecular flexibility index (Phi) is 3.90. The van der Waals surface area contributed by atoms with Gasteiger partial charge in [-0.2, -0.15) is 0 Å². The van der Waals surface area contributed by atoms with Crippen LogP contribution in [0.2, 0.25) is 5.02 Å². The van der Waals surface area contributed by atoms with E-state index < -0.39 is 0 Å². The molecule has 0 spiro atoms. The molecule has 1 atom stereocenters. The van der Waals surface area contributed by atoms with Crippen molar-refractivity contribution in [2.45, 2.75) is 13.0 Å². The van der Waals surface area contributed by atoms with E-state index in [9.17, 15) is 4.79 Å². The summed E-state index contributed by atoms with van der Waals surface area (Å²) in [6, 6.07) is 7.22. The maximum Gasteiger partial charge on any atom is 0.247 e. The summed E-state index contributed by atoms with van der Waals surface area (Å²) in [6.45, 7) is 1.99. The normalized spacial score (nSPS) is 19.0. The van der Waals surface area contributed by atoms with Gasteiger partial charge in [-0.3, -0.25) is 9.69 Å². The van der Waals surface area contributed by atoms with Gasteiger partial charge in [0.25, 0.3) is 0 Å². The van der Waals surface area contributed by atoms with Gasteiger partial charge in [-0.05, 0) is 37.2 Å². The van der Waals surface area contributed by atoms with E-state index in [1.165, 1.54) is 0 Å². The minimum atomic E-state index is -0.245. The molecule has 2 heterocycles. The first-order chi connectivity index (χ1) is 10.1. The van der Waals surface area contributed by atoms with Gasteiger partial charge in [0.05, 0.1) is 12.5 Å². The van der Waals surface area contributed by atoms with Crippen LogP contribution in [-0.4, -0.2) is 34.1 Å². The zero-order valence-corrected chi connectivity index (χ0v) is 12.1. The number of primary amides is 1. The van der Waals surface area contributed by atoms with Gasteiger partial charge >= 0.3 is 0 Å². The van der Waals surface area contributed by atoms with Gasteiger partial charge in [0.2, 0.25) is 17.7 Å². The zero-order chi connectivity index (χ0) is 14.8. The van der Waals surface area contributed by atoms with Crippen LogP contribution in [0.15, 0.2) is 28.7 Å². The molecule has 0 unspecified atom stereocenters. The number of nitrogens with two attached hydrogens (primary N) is 1. The van der Waals surface area contributed by atoms with Crippen molar-refractivity contribution in [1.82, 2.24) is 15.1 Å². The van der Waals surface area contributed by atoms with Crippen LogP contribution in [0.25, 0.3) is 11.5 Å². The van der Waals surface area contributed by atoms with Crippen molar-refractivity contribution in [2.24, 2.45) is 11.7 Å². The summed E-state index contributed by atoms with van der Waals surface area (Å²) in [4.78, 5) is 13.2. The number of likely N-dealkylation sites (tertiary alicyclic amines) is 1. The van der Waals surface area contributed by atoms with Crippen molar-refractivity contribution in [3.63, 3.8) is 0 Å². The van der Waals surface area contributed by atoms with E-state index in [1.807, 2.05) is 12.1 Å². The molecule has 1 aromatic carbocycles. The number of benzene rings is 1. The third-order valence-corrected chi connectivity index (χ3v) is 3.84. The van der Waals surface area contributed by atoms with Crippen molar-refractivity contribution in [1.29, 1.82) is 0 Å². The van der Waals surface area contributed by atoms with Gasteiger partial charge in [-0.1, -0.05) is 11.6 Å². The fourth-order valence-electron chi connectivity index (χ4n) is 2.43. The third-order valence-electron chi connectivity index (χ3n) is 3.59. The van der Waals surface area contributed by atoms with E-state index in [1.54, 1.807) is 12.1 Å². The van der Waals surface area contributed by atoms with Crippen molar-refractivity contribution >= 4 is 17.5 Å². The smallest absolute Gasteiger partial charge is 0.247 e. The van der Waals surface area contributed by atoms with Crippen LogP contribution < -0.4 is 5.73 Å². The Bertz CT molecular complexity index is 641. The molecule has 0 radical (unpaired) electrons. The Morgan fingerprint density at radius 3 is 2.81 bits per heavy atom. The van der Waals surface area contributed by atoms with E-state index in [0.717, 1.165) is 18.5 Å². The predicted molar refractivity (Wildman–Crippen MR) is 77.3 cm³/mol. The van der Waals surface area contributed by atoms with Crippen LogP contribution in [0.1, 0.15) is 12.3 Å². The maximum absolute atomic E-state index is 11.1. The lowest BCUT2D eigenvalue weighted by molar-refractivity contribution is -0.121. The highest BCUT2D eigenvalue weighted by atomic mass is 35.5. The van der Waals surface area contributed by atoms with Crippen molar-refractivity contribution in [3.8, 4) is 11.5 Å². The predicted octanol–water partition coefficient (Wildman–Crippen LogP) is 1.70. The second-order valence-corrected chi connectivity index (χ2v) is 5.57. The highest BCUT2D eigenvalue weighted by Gasteiger charge is 2.27. The Morgan fingerprint density at radius 2 is 2.14 bits per heavy atom. The van der Waals surface area contributed by atoms with Crippen LogP contribution in [0.3, 0.4) is 0 Å². The lowest BCUT2D eigenvalue weighted by Crippen LogP contribution is -2.27. The summed E-state index contributed by atoms with van der Waals surface area (Å²) in [6.07, 6.45) is 0.785. The monoisotopic (exact) mass is 306 g/mol. The van der Waals surface area contributed by atoms with Crippen LogP contribution >= 0.6 is 11.6 Å². The molecular formula is C14H15ClN4O2. The molecule has 110 valence electrons. The summed E-state index contributed by atoms with van der Waals surface area (Å²) in [5.41, 5.74) is 6.15. The van der Waals surface area contributed by atoms with Gasteiger partial charge < -0.3 is 10.2 Å². The summed E-state index contributed by atoms with van der Waals surface area (Å²) in [5.74, 6) is 0.672. The molecule has 3 rings (SSSR count). The van der Waals surface area contributed by atoms with Crippen LogP contribution in [-0.2, 0) is 11.3 Å². The molecule has 0 aliphatic carbocycles. The molecule has 21 heavy (non-hydrogen) atoms. The molecule has 1 aliphatic rings. The molecule has 7 heteroatoms. The van der Waals surface area contributed by atoms with E-state index >= 15 is 0 Å². The number of hydrogen-bond donors (Lipinski definition) is 1. The zero-order valence-electron chi connectivity index (χ0n) is 11.3. The molecule has 0 bridgehead atoms. The molecule has 2 N–H and O–H groups in total. The first-order valence-electron chi connectivity index (χ1n) is 6.72. The fraction of sp³-hybridized carbons (Fsp3) is 0.357. The van der Waals surface area contributed by atoms with Gasteiger partial charge in [0, 0.05) is 17.1 Å². The first-order valence-corrected chi connectivity index (χ1v) is 7.09. The van der Waals surface area contributed by atoms with E-state index in [0.29, 0.717) is 29.9 Å². The molecule has 1 aliphatic heterocycles. The highest BCUT2D eigenvalue weighted by molar-refractivity contribution is 6.30. The average molecular weight is 307 g/mol. The largest absolute Gasteiger partial charge is 0.419 e. The molecule has 2 aromatic rings. The number of amides is 1. The van der Waals surface area contributed by atoms with Crippen molar-refractivity contribution in [2.75, 3.05) is 13.1 Å². The first kappa shape index (κ1) is 14.0. The summed E-state index contributed by atoms with van der Waals surface area (Å²) in [7, 11) is 0. The van der Waals surface area contributed by atoms with Gasteiger partial charge in [0.1, 0.15) is 0 Å². The number of carbonyl (C=O) groups is 1. The number of carbonyl (C=O) groups excluding carboxylic acids is 1. The average Bonchev–Trinajstić information content (AvgIpc) is 3.10. The Labute approximate surface area is 126 Å². The Morgan fingerprint density at radius 1 is 1.38 bits per heavy atom. The number of halogens is 1. The van der Waals surface area contributed by atoms with E-state index in [2.05, 4.69) is 15.1 Å². The summed E-state index contributed by atoms with van der Waals surface area (Å²) in [5, 5.41) is 8.74. The van der Waals surface area contributed by atoms with E-state index in [4.69, 9.17) is 21.8 Å². The lowest BCUT2D eigenvalue weighted by Gasteiger charge is -2.11. The van der Waals surface area contributed by atoms with Crippen molar-refractivity contribution < 1.29 is 9.21 Å². The van der Waals surface area contributed by atoms with Crippen LogP contribution in [0, 0.1) is 5.92 Å². The summed E-state index contributed by atoms with van der Waals surface area (Å²) < 4.78 is 5.64. The van der Waals surface area contributed by atoms with Gasteiger partial charge in [0.15, 0.2) is 0 Å². The number of rotatable bonds is 4. The Hall–Kier alpha value is -1.92. The van der Waals surface area contributed by atoms with Crippen LogP contribution in [0.4, 0.5) is 0 Å². The second kappa shape index (κ2) is 5.83. The summed E-state index contributed by atoms with van der Waals surface area (Å²) >= 11 is 5.85. The number of hydrogen-bond acceptors (Lipinski definition) is 5. The number of aromatic nitrogens is 2. The minimum absolute atomic E-state index is 0.0799. The van der Waals surface area contributed by atoms with E-state index in [-0.39, 0.29) is 11.8 Å². The fourth-order valence-corrected chi connectivity index (χ4v) is 2.55. The van der Waals surface area contributed by atoms with Gasteiger partial charge in [-0.15, -0.1) is 10.2 Å². The molecule has 1 fully saturated rings. The van der Waals surface area contributed by atoms with Crippen LogP contribution in [0.5, 0.6) is 0 Å². The molecule has 1 saturated heterocycles. The number of nitrogens with zero attached hydrogens (tertiary/aromatic N) is 3. The topological polar surface area (TPSA) is 85.3 Å². The molecular weight excluding hydrogens is 292 g/mol. The third kappa shape index (κ3) is 3.22. The standard InChI is InChI=1S/C14H15ClN4O2/c15-11-3-1-9(2-4-11)14-18-17-12(21-14)8-19-6-5-10(7-19)13(16)20/h1-4,10H,5-8H2,(H2,16,20)/t10-/m1/s1. The molecule has 0 saturated carbocycles.